The molecule has 0 aromatic heterocycles. The first-order chi connectivity index (χ1) is 13.7. The molecule has 3 aromatic rings. The molecule has 0 saturated carbocycles. The number of hydrogen-bond donors (Lipinski definition) is 1. The summed E-state index contributed by atoms with van der Waals surface area (Å²) in [5, 5.41) is 15.7. The van der Waals surface area contributed by atoms with Gasteiger partial charge in [0.1, 0.15) is 5.75 Å². The summed E-state index contributed by atoms with van der Waals surface area (Å²) < 4.78 is 16.6. The molecule has 2 atom stereocenters. The zero-order valence-electron chi connectivity index (χ0n) is 16.5. The average molecular weight is 379 g/mol. The van der Waals surface area contributed by atoms with Crippen molar-refractivity contribution in [2.45, 2.75) is 31.5 Å². The van der Waals surface area contributed by atoms with E-state index in [0.29, 0.717) is 11.5 Å². The Morgan fingerprint density at radius 3 is 2.32 bits per heavy atom. The van der Waals surface area contributed by atoms with Gasteiger partial charge in [-0.3, -0.25) is 4.90 Å². The highest BCUT2D eigenvalue weighted by atomic mass is 16.5. The Bertz CT molecular complexity index is 1080. The van der Waals surface area contributed by atoms with Crippen LogP contribution in [0.2, 0.25) is 0 Å². The van der Waals surface area contributed by atoms with Crippen LogP contribution in [0.15, 0.2) is 30.3 Å². The third kappa shape index (κ3) is 2.39. The Morgan fingerprint density at radius 1 is 0.893 bits per heavy atom. The summed E-state index contributed by atoms with van der Waals surface area (Å²) in [6.45, 7) is 1.91. The van der Waals surface area contributed by atoms with E-state index in [1.54, 1.807) is 21.3 Å². The van der Waals surface area contributed by atoms with Crippen molar-refractivity contribution in [2.24, 2.45) is 0 Å². The molecule has 5 rings (SSSR count). The standard InChI is InChI=1S/C23H25NO4/c1-26-13-6-7-14-15(9-13)16-10-20(27-2)21(28-3)11-17(16)22-18(14)12-24-8-4-5-19(24)23(22)25/h6-7,9-11,19,23,25H,4-5,8,12H2,1-3H3/t19?,23-/m0/s1. The van der Waals surface area contributed by atoms with Crippen LogP contribution in [0.25, 0.3) is 21.5 Å². The van der Waals surface area contributed by atoms with E-state index in [9.17, 15) is 5.11 Å². The van der Waals surface area contributed by atoms with Crippen molar-refractivity contribution in [1.29, 1.82) is 0 Å². The fourth-order valence-corrected chi connectivity index (χ4v) is 5.08. The molecule has 2 aliphatic heterocycles. The van der Waals surface area contributed by atoms with E-state index in [-0.39, 0.29) is 6.04 Å². The quantitative estimate of drug-likeness (QED) is 0.697. The van der Waals surface area contributed by atoms with Gasteiger partial charge in [0.05, 0.1) is 27.4 Å². The smallest absolute Gasteiger partial charge is 0.161 e. The van der Waals surface area contributed by atoms with Crippen LogP contribution >= 0.6 is 0 Å². The maximum absolute atomic E-state index is 11.3. The Hall–Kier alpha value is -2.50. The van der Waals surface area contributed by atoms with Crippen molar-refractivity contribution in [3.05, 3.63) is 41.5 Å². The first kappa shape index (κ1) is 17.6. The van der Waals surface area contributed by atoms with Gasteiger partial charge in [-0.05, 0) is 76.3 Å². The predicted octanol–water partition coefficient (Wildman–Crippen LogP) is 4.03. The number of rotatable bonds is 3. The number of aliphatic hydroxyl groups excluding tert-OH is 1. The summed E-state index contributed by atoms with van der Waals surface area (Å²) in [4.78, 5) is 2.42. The fourth-order valence-electron chi connectivity index (χ4n) is 5.08. The molecule has 1 saturated heterocycles. The van der Waals surface area contributed by atoms with E-state index in [4.69, 9.17) is 14.2 Å². The third-order valence-corrected chi connectivity index (χ3v) is 6.42. The predicted molar refractivity (Wildman–Crippen MR) is 110 cm³/mol. The third-order valence-electron chi connectivity index (χ3n) is 6.42. The lowest BCUT2D eigenvalue weighted by molar-refractivity contribution is 0.0552. The van der Waals surface area contributed by atoms with Crippen LogP contribution in [-0.2, 0) is 6.54 Å². The molecule has 2 heterocycles. The molecule has 2 aliphatic rings. The first-order valence-electron chi connectivity index (χ1n) is 9.76. The first-order valence-corrected chi connectivity index (χ1v) is 9.76. The van der Waals surface area contributed by atoms with Crippen molar-refractivity contribution in [3.8, 4) is 17.2 Å². The van der Waals surface area contributed by atoms with Gasteiger partial charge in [0.25, 0.3) is 0 Å². The zero-order chi connectivity index (χ0) is 19.4. The topological polar surface area (TPSA) is 51.2 Å². The summed E-state index contributed by atoms with van der Waals surface area (Å²) in [6, 6.07) is 10.4. The summed E-state index contributed by atoms with van der Waals surface area (Å²) >= 11 is 0. The summed E-state index contributed by atoms with van der Waals surface area (Å²) in [6.07, 6.45) is 1.67. The zero-order valence-corrected chi connectivity index (χ0v) is 16.5. The van der Waals surface area contributed by atoms with Gasteiger partial charge < -0.3 is 19.3 Å². The number of fused-ring (bicyclic) bond motifs is 7. The molecule has 0 bridgehead atoms. The van der Waals surface area contributed by atoms with Gasteiger partial charge >= 0.3 is 0 Å². The van der Waals surface area contributed by atoms with E-state index < -0.39 is 6.10 Å². The summed E-state index contributed by atoms with van der Waals surface area (Å²) in [5.74, 6) is 2.19. The fraction of sp³-hybridized carbons (Fsp3) is 0.391. The van der Waals surface area contributed by atoms with Gasteiger partial charge in [0.2, 0.25) is 0 Å². The molecule has 1 fully saturated rings. The van der Waals surface area contributed by atoms with Crippen LogP contribution in [0.5, 0.6) is 17.2 Å². The molecule has 0 amide bonds. The molecule has 0 aliphatic carbocycles. The highest BCUT2D eigenvalue weighted by Gasteiger charge is 2.39. The average Bonchev–Trinajstić information content (AvgIpc) is 3.21. The lowest BCUT2D eigenvalue weighted by Crippen LogP contribution is -2.39. The van der Waals surface area contributed by atoms with Crippen LogP contribution in [-0.4, -0.2) is 43.9 Å². The maximum Gasteiger partial charge on any atom is 0.161 e. The Labute approximate surface area is 164 Å². The van der Waals surface area contributed by atoms with Crippen LogP contribution in [0, 0.1) is 0 Å². The minimum atomic E-state index is -0.502. The van der Waals surface area contributed by atoms with Gasteiger partial charge in [-0.15, -0.1) is 0 Å². The number of aliphatic hydroxyl groups is 1. The Kier molecular flexibility index (Phi) is 4.11. The molecule has 146 valence electrons. The van der Waals surface area contributed by atoms with Crippen LogP contribution < -0.4 is 14.2 Å². The van der Waals surface area contributed by atoms with Gasteiger partial charge in [-0.1, -0.05) is 6.07 Å². The minimum absolute atomic E-state index is 0.194. The van der Waals surface area contributed by atoms with Crippen molar-refractivity contribution in [3.63, 3.8) is 0 Å². The molecular formula is C23H25NO4. The molecule has 0 spiro atoms. The number of nitrogens with zero attached hydrogens (tertiary/aromatic N) is 1. The van der Waals surface area contributed by atoms with Crippen LogP contribution in [0.1, 0.15) is 30.1 Å². The van der Waals surface area contributed by atoms with E-state index in [2.05, 4.69) is 17.0 Å². The van der Waals surface area contributed by atoms with Gasteiger partial charge in [-0.25, -0.2) is 0 Å². The van der Waals surface area contributed by atoms with Crippen molar-refractivity contribution < 1.29 is 19.3 Å². The number of hydrogen-bond acceptors (Lipinski definition) is 5. The van der Waals surface area contributed by atoms with E-state index >= 15 is 0 Å². The van der Waals surface area contributed by atoms with Crippen LogP contribution in [0.4, 0.5) is 0 Å². The Balaban J connectivity index is 1.92. The second kappa shape index (κ2) is 6.54. The highest BCUT2D eigenvalue weighted by Crippen LogP contribution is 2.47. The van der Waals surface area contributed by atoms with Crippen molar-refractivity contribution in [2.75, 3.05) is 27.9 Å². The highest BCUT2D eigenvalue weighted by molar-refractivity contribution is 6.12. The van der Waals surface area contributed by atoms with E-state index in [1.165, 1.54) is 10.9 Å². The SMILES string of the molecule is COc1ccc2c3c(c4cc(OC)c(OC)cc4c2c1)[C@@H](O)C1CCCN1C3. The summed E-state index contributed by atoms with van der Waals surface area (Å²) in [7, 11) is 4.98. The number of benzene rings is 3. The molecule has 5 heteroatoms. The van der Waals surface area contributed by atoms with Gasteiger partial charge in [0, 0.05) is 12.6 Å². The van der Waals surface area contributed by atoms with E-state index in [1.807, 2.05) is 18.2 Å². The molecule has 1 N–H and O–H groups in total. The normalized spacial score (nSPS) is 21.6. The van der Waals surface area contributed by atoms with Gasteiger partial charge in [0.15, 0.2) is 11.5 Å². The lowest BCUT2D eigenvalue weighted by Gasteiger charge is -2.37. The van der Waals surface area contributed by atoms with Crippen molar-refractivity contribution in [1.82, 2.24) is 4.90 Å². The van der Waals surface area contributed by atoms with E-state index in [0.717, 1.165) is 53.4 Å². The molecule has 0 radical (unpaired) electrons. The Morgan fingerprint density at radius 2 is 1.61 bits per heavy atom. The summed E-state index contributed by atoms with van der Waals surface area (Å²) in [5.41, 5.74) is 2.25. The van der Waals surface area contributed by atoms with Gasteiger partial charge in [-0.2, -0.15) is 0 Å². The largest absolute Gasteiger partial charge is 0.497 e. The lowest BCUT2D eigenvalue weighted by atomic mass is 9.83. The van der Waals surface area contributed by atoms with Crippen LogP contribution in [0.3, 0.4) is 0 Å². The molecule has 5 nitrogen and oxygen atoms in total. The molecule has 28 heavy (non-hydrogen) atoms. The molecule has 1 unspecified atom stereocenters. The molecule has 3 aromatic carbocycles. The number of methoxy groups -OCH3 is 3. The monoisotopic (exact) mass is 379 g/mol. The molecular weight excluding hydrogens is 354 g/mol. The van der Waals surface area contributed by atoms with Crippen molar-refractivity contribution >= 4 is 21.5 Å². The number of ether oxygens (including phenoxy) is 3. The second-order valence-corrected chi connectivity index (χ2v) is 7.68. The minimum Gasteiger partial charge on any atom is -0.497 e. The second-order valence-electron chi connectivity index (χ2n) is 7.68. The maximum atomic E-state index is 11.3.